The number of halogens is 1. The summed E-state index contributed by atoms with van der Waals surface area (Å²) in [6, 6.07) is 9.04. The van der Waals surface area contributed by atoms with Crippen molar-refractivity contribution in [3.05, 3.63) is 58.1 Å². The lowest BCUT2D eigenvalue weighted by molar-refractivity contribution is -0.142. The second-order valence-electron chi connectivity index (χ2n) is 6.22. The van der Waals surface area contributed by atoms with Crippen molar-refractivity contribution in [1.82, 2.24) is 0 Å². The summed E-state index contributed by atoms with van der Waals surface area (Å²) in [6.45, 7) is 5.70. The average molecular weight is 418 g/mol. The number of benzene rings is 2. The fraction of sp³-hybridized carbons (Fsp3) is 0.273. The number of esters is 1. The van der Waals surface area contributed by atoms with E-state index in [2.05, 4.69) is 5.32 Å². The number of anilines is 1. The van der Waals surface area contributed by atoms with Crippen molar-refractivity contribution in [2.75, 3.05) is 25.6 Å². The van der Waals surface area contributed by atoms with Gasteiger partial charge in [0.05, 0.1) is 18.7 Å². The van der Waals surface area contributed by atoms with Crippen molar-refractivity contribution in [3.8, 4) is 11.5 Å². The van der Waals surface area contributed by atoms with Crippen LogP contribution in [0.1, 0.15) is 23.6 Å². The van der Waals surface area contributed by atoms with Crippen LogP contribution in [0.4, 0.5) is 5.69 Å². The number of nitrogens with one attached hydrogen (secondary N) is 1. The highest BCUT2D eigenvalue weighted by Crippen LogP contribution is 2.36. The Labute approximate surface area is 175 Å². The largest absolute Gasteiger partial charge is 0.493 e. The highest BCUT2D eigenvalue weighted by atomic mass is 35.5. The van der Waals surface area contributed by atoms with Crippen LogP contribution in [0.15, 0.2) is 36.4 Å². The zero-order valence-corrected chi connectivity index (χ0v) is 17.6. The monoisotopic (exact) mass is 417 g/mol. The zero-order valence-electron chi connectivity index (χ0n) is 16.9. The van der Waals surface area contributed by atoms with E-state index in [1.807, 2.05) is 39.0 Å². The lowest BCUT2D eigenvalue weighted by Gasteiger charge is -2.12. The predicted molar refractivity (Wildman–Crippen MR) is 114 cm³/mol. The van der Waals surface area contributed by atoms with E-state index < -0.39 is 11.9 Å². The van der Waals surface area contributed by atoms with Crippen LogP contribution in [0.25, 0.3) is 6.08 Å². The molecule has 0 aliphatic carbocycles. The molecule has 1 N–H and O–H groups in total. The third kappa shape index (κ3) is 6.26. The zero-order chi connectivity index (χ0) is 21.4. The Morgan fingerprint density at radius 2 is 1.86 bits per heavy atom. The maximum Gasteiger partial charge on any atom is 0.331 e. The first-order valence-electron chi connectivity index (χ1n) is 9.07. The van der Waals surface area contributed by atoms with Gasteiger partial charge in [0.25, 0.3) is 5.91 Å². The van der Waals surface area contributed by atoms with Crippen LogP contribution >= 0.6 is 11.6 Å². The standard InChI is InChI=1S/C22H24ClNO5/c1-5-28-22-17(23)11-16(12-18(22)27-4)9-10-20(26)29-13-19(25)24-21-14(2)7-6-8-15(21)3/h6-12H,5,13H2,1-4H3,(H,24,25)/b10-9+. The van der Waals surface area contributed by atoms with Gasteiger partial charge in [-0.25, -0.2) is 4.79 Å². The Hall–Kier alpha value is -2.99. The summed E-state index contributed by atoms with van der Waals surface area (Å²) in [5.74, 6) is -0.152. The fourth-order valence-electron chi connectivity index (χ4n) is 2.66. The molecule has 2 aromatic rings. The van der Waals surface area contributed by atoms with Gasteiger partial charge < -0.3 is 19.5 Å². The molecular weight excluding hydrogens is 394 g/mol. The van der Waals surface area contributed by atoms with Gasteiger partial charge in [-0.1, -0.05) is 29.8 Å². The number of para-hydroxylation sites is 1. The number of hydrogen-bond acceptors (Lipinski definition) is 5. The van der Waals surface area contributed by atoms with Crippen LogP contribution in [0, 0.1) is 13.8 Å². The molecule has 0 bridgehead atoms. The Balaban J connectivity index is 1.96. The van der Waals surface area contributed by atoms with Crippen molar-refractivity contribution >= 4 is 35.2 Å². The van der Waals surface area contributed by atoms with Crippen LogP contribution in [0.5, 0.6) is 11.5 Å². The van der Waals surface area contributed by atoms with Gasteiger partial charge >= 0.3 is 5.97 Å². The number of amides is 1. The van der Waals surface area contributed by atoms with E-state index in [0.29, 0.717) is 28.7 Å². The highest BCUT2D eigenvalue weighted by Gasteiger charge is 2.12. The molecular formula is C22H24ClNO5. The van der Waals surface area contributed by atoms with E-state index in [9.17, 15) is 9.59 Å². The minimum Gasteiger partial charge on any atom is -0.493 e. The third-order valence-electron chi connectivity index (χ3n) is 4.04. The molecule has 1 amide bonds. The van der Waals surface area contributed by atoms with Crippen molar-refractivity contribution in [2.45, 2.75) is 20.8 Å². The molecule has 7 heteroatoms. The Morgan fingerprint density at radius 1 is 1.17 bits per heavy atom. The summed E-state index contributed by atoms with van der Waals surface area (Å²) in [7, 11) is 1.50. The molecule has 2 aromatic carbocycles. The third-order valence-corrected chi connectivity index (χ3v) is 4.32. The smallest absolute Gasteiger partial charge is 0.331 e. The molecule has 0 aliphatic heterocycles. The van der Waals surface area contributed by atoms with Gasteiger partial charge in [0.2, 0.25) is 0 Å². The average Bonchev–Trinajstić information content (AvgIpc) is 2.69. The summed E-state index contributed by atoms with van der Waals surface area (Å²) in [6.07, 6.45) is 2.74. The van der Waals surface area contributed by atoms with E-state index in [-0.39, 0.29) is 6.61 Å². The lowest BCUT2D eigenvalue weighted by Crippen LogP contribution is -2.21. The minimum absolute atomic E-state index is 0.368. The van der Waals surface area contributed by atoms with E-state index >= 15 is 0 Å². The quantitative estimate of drug-likeness (QED) is 0.503. The van der Waals surface area contributed by atoms with Crippen molar-refractivity contribution in [2.24, 2.45) is 0 Å². The molecule has 0 unspecified atom stereocenters. The number of aryl methyl sites for hydroxylation is 2. The van der Waals surface area contributed by atoms with E-state index in [0.717, 1.165) is 16.8 Å². The number of rotatable bonds is 8. The van der Waals surface area contributed by atoms with Gasteiger partial charge in [0.1, 0.15) is 0 Å². The SMILES string of the molecule is CCOc1c(Cl)cc(/C=C/C(=O)OCC(=O)Nc2c(C)cccc2C)cc1OC. The molecule has 0 spiro atoms. The molecule has 0 aliphatic rings. The second kappa shape index (κ2) is 10.5. The molecule has 0 radical (unpaired) electrons. The van der Waals surface area contributed by atoms with Crippen LogP contribution in [-0.2, 0) is 14.3 Å². The Bertz CT molecular complexity index is 903. The van der Waals surface area contributed by atoms with E-state index in [1.165, 1.54) is 19.3 Å². The lowest BCUT2D eigenvalue weighted by atomic mass is 10.1. The highest BCUT2D eigenvalue weighted by molar-refractivity contribution is 6.32. The Morgan fingerprint density at radius 3 is 2.48 bits per heavy atom. The summed E-state index contributed by atoms with van der Waals surface area (Å²) < 4.78 is 15.7. The first kappa shape index (κ1) is 22.3. The summed E-state index contributed by atoms with van der Waals surface area (Å²) >= 11 is 6.20. The number of methoxy groups -OCH3 is 1. The van der Waals surface area contributed by atoms with Gasteiger partial charge in [0.15, 0.2) is 18.1 Å². The van der Waals surface area contributed by atoms with Crippen LogP contribution < -0.4 is 14.8 Å². The minimum atomic E-state index is -0.648. The molecule has 0 heterocycles. The van der Waals surface area contributed by atoms with Crippen molar-refractivity contribution in [1.29, 1.82) is 0 Å². The van der Waals surface area contributed by atoms with Gasteiger partial charge in [0, 0.05) is 11.8 Å². The van der Waals surface area contributed by atoms with Crippen LogP contribution in [-0.4, -0.2) is 32.2 Å². The van der Waals surface area contributed by atoms with Crippen LogP contribution in [0.3, 0.4) is 0 Å². The summed E-state index contributed by atoms with van der Waals surface area (Å²) in [5, 5.41) is 3.13. The van der Waals surface area contributed by atoms with Crippen molar-refractivity contribution < 1.29 is 23.8 Å². The van der Waals surface area contributed by atoms with E-state index in [1.54, 1.807) is 12.1 Å². The number of carbonyl (C=O) groups excluding carboxylic acids is 2. The predicted octanol–water partition coefficient (Wildman–Crippen LogP) is 4.56. The normalized spacial score (nSPS) is 10.7. The second-order valence-corrected chi connectivity index (χ2v) is 6.63. The first-order chi connectivity index (χ1) is 13.8. The molecule has 0 aromatic heterocycles. The van der Waals surface area contributed by atoms with Gasteiger partial charge in [-0.3, -0.25) is 4.79 Å². The van der Waals surface area contributed by atoms with Gasteiger partial charge in [-0.2, -0.15) is 0 Å². The number of carbonyl (C=O) groups is 2. The molecule has 0 saturated heterocycles. The Kier molecular flexibility index (Phi) is 8.09. The van der Waals surface area contributed by atoms with Crippen LogP contribution in [0.2, 0.25) is 5.02 Å². The maximum absolute atomic E-state index is 12.1. The first-order valence-corrected chi connectivity index (χ1v) is 9.44. The van der Waals surface area contributed by atoms with E-state index in [4.69, 9.17) is 25.8 Å². The molecule has 6 nitrogen and oxygen atoms in total. The molecule has 0 atom stereocenters. The molecule has 154 valence electrons. The summed E-state index contributed by atoms with van der Waals surface area (Å²) in [4.78, 5) is 24.0. The number of ether oxygens (including phenoxy) is 3. The van der Waals surface area contributed by atoms with Gasteiger partial charge in [-0.05, 0) is 55.7 Å². The van der Waals surface area contributed by atoms with Crippen molar-refractivity contribution in [3.63, 3.8) is 0 Å². The molecule has 0 saturated carbocycles. The fourth-order valence-corrected chi connectivity index (χ4v) is 2.93. The number of hydrogen-bond donors (Lipinski definition) is 1. The topological polar surface area (TPSA) is 73.9 Å². The molecule has 0 fully saturated rings. The summed E-state index contributed by atoms with van der Waals surface area (Å²) in [5.41, 5.74) is 3.23. The van der Waals surface area contributed by atoms with Gasteiger partial charge in [-0.15, -0.1) is 0 Å². The molecule has 2 rings (SSSR count). The molecule has 29 heavy (non-hydrogen) atoms. The maximum atomic E-state index is 12.1.